The summed E-state index contributed by atoms with van der Waals surface area (Å²) in [5.41, 5.74) is 3.45. The highest BCUT2D eigenvalue weighted by molar-refractivity contribution is 5.94. The first-order valence-electron chi connectivity index (χ1n) is 10.1. The standard InChI is InChI=1S/C22H22N6O2/c29-21(17-7-5-16(6-8-17)13-27-15-23-14-24-27)26-11-9-18(10-12-26)28-20-4-2-1-3-19(20)25-22(28)30/h1-8,14-15,18H,9-13H2,(H,25,30). The fourth-order valence-corrected chi connectivity index (χ4v) is 4.20. The molecule has 3 heterocycles. The number of benzene rings is 2. The van der Waals surface area contributed by atoms with Crippen molar-refractivity contribution in [2.24, 2.45) is 0 Å². The van der Waals surface area contributed by atoms with Crippen molar-refractivity contribution in [3.05, 3.63) is 82.8 Å². The Hall–Kier alpha value is -3.68. The fourth-order valence-electron chi connectivity index (χ4n) is 4.20. The number of carbonyl (C=O) groups excluding carboxylic acids is 1. The predicted octanol–water partition coefficient (Wildman–Crippen LogP) is 2.45. The van der Waals surface area contributed by atoms with Crippen molar-refractivity contribution < 1.29 is 4.79 Å². The minimum Gasteiger partial charge on any atom is -0.338 e. The number of rotatable bonds is 4. The van der Waals surface area contributed by atoms with E-state index in [1.165, 1.54) is 6.33 Å². The quantitative estimate of drug-likeness (QED) is 0.568. The zero-order valence-corrected chi connectivity index (χ0v) is 16.4. The summed E-state index contributed by atoms with van der Waals surface area (Å²) >= 11 is 0. The number of aromatic amines is 1. The molecule has 0 saturated carbocycles. The van der Waals surface area contributed by atoms with E-state index in [0.29, 0.717) is 25.2 Å². The summed E-state index contributed by atoms with van der Waals surface area (Å²) in [7, 11) is 0. The molecule has 0 bridgehead atoms. The molecule has 1 fully saturated rings. The molecule has 4 aromatic rings. The number of hydrogen-bond donors (Lipinski definition) is 1. The smallest absolute Gasteiger partial charge is 0.326 e. The van der Waals surface area contributed by atoms with Crippen molar-refractivity contribution in [1.29, 1.82) is 0 Å². The van der Waals surface area contributed by atoms with Crippen molar-refractivity contribution in [3.8, 4) is 0 Å². The van der Waals surface area contributed by atoms with Crippen LogP contribution in [-0.4, -0.2) is 48.2 Å². The third-order valence-corrected chi connectivity index (χ3v) is 5.75. The number of carbonyl (C=O) groups is 1. The Morgan fingerprint density at radius 3 is 2.57 bits per heavy atom. The van der Waals surface area contributed by atoms with E-state index in [-0.39, 0.29) is 17.6 Å². The number of aromatic nitrogens is 5. The second kappa shape index (κ2) is 7.62. The molecule has 1 amide bonds. The molecule has 1 N–H and O–H groups in total. The Balaban J connectivity index is 1.25. The molecule has 1 aliphatic heterocycles. The average Bonchev–Trinajstić information content (AvgIpc) is 3.40. The zero-order valence-electron chi connectivity index (χ0n) is 16.4. The molecule has 0 spiro atoms. The largest absolute Gasteiger partial charge is 0.338 e. The number of para-hydroxylation sites is 2. The maximum atomic E-state index is 12.9. The molecular weight excluding hydrogens is 380 g/mol. The van der Waals surface area contributed by atoms with E-state index in [4.69, 9.17) is 0 Å². The molecule has 0 aliphatic carbocycles. The van der Waals surface area contributed by atoms with Crippen molar-refractivity contribution in [2.75, 3.05) is 13.1 Å². The van der Waals surface area contributed by atoms with Gasteiger partial charge in [-0.2, -0.15) is 5.10 Å². The van der Waals surface area contributed by atoms with Crippen LogP contribution in [0.4, 0.5) is 0 Å². The van der Waals surface area contributed by atoms with Crippen LogP contribution in [0.25, 0.3) is 11.0 Å². The van der Waals surface area contributed by atoms with Gasteiger partial charge in [0.2, 0.25) is 0 Å². The second-order valence-corrected chi connectivity index (χ2v) is 7.63. The molecule has 152 valence electrons. The minimum atomic E-state index is -0.0797. The van der Waals surface area contributed by atoms with Gasteiger partial charge in [0.15, 0.2) is 0 Å². The van der Waals surface area contributed by atoms with E-state index in [9.17, 15) is 9.59 Å². The predicted molar refractivity (Wildman–Crippen MR) is 112 cm³/mol. The third kappa shape index (κ3) is 3.41. The van der Waals surface area contributed by atoms with Gasteiger partial charge in [-0.05, 0) is 42.7 Å². The van der Waals surface area contributed by atoms with Crippen LogP contribution in [-0.2, 0) is 6.54 Å². The molecule has 0 atom stereocenters. The first kappa shape index (κ1) is 18.4. The van der Waals surface area contributed by atoms with E-state index in [1.807, 2.05) is 58.0 Å². The highest BCUT2D eigenvalue weighted by atomic mass is 16.2. The van der Waals surface area contributed by atoms with Crippen LogP contribution < -0.4 is 5.69 Å². The van der Waals surface area contributed by atoms with Gasteiger partial charge in [0.05, 0.1) is 17.6 Å². The number of likely N-dealkylation sites (tertiary alicyclic amines) is 1. The lowest BCUT2D eigenvalue weighted by molar-refractivity contribution is 0.0695. The van der Waals surface area contributed by atoms with Crippen molar-refractivity contribution in [3.63, 3.8) is 0 Å². The van der Waals surface area contributed by atoms with Crippen LogP contribution in [0, 0.1) is 0 Å². The van der Waals surface area contributed by atoms with E-state index < -0.39 is 0 Å². The van der Waals surface area contributed by atoms with Crippen LogP contribution >= 0.6 is 0 Å². The Labute approximate surface area is 172 Å². The molecule has 30 heavy (non-hydrogen) atoms. The van der Waals surface area contributed by atoms with E-state index in [2.05, 4.69) is 15.1 Å². The van der Waals surface area contributed by atoms with Crippen LogP contribution in [0.5, 0.6) is 0 Å². The van der Waals surface area contributed by atoms with Gasteiger partial charge < -0.3 is 9.88 Å². The van der Waals surface area contributed by atoms with Gasteiger partial charge >= 0.3 is 5.69 Å². The van der Waals surface area contributed by atoms with Crippen LogP contribution in [0.1, 0.15) is 34.8 Å². The number of hydrogen-bond acceptors (Lipinski definition) is 4. The Morgan fingerprint density at radius 2 is 1.83 bits per heavy atom. The highest BCUT2D eigenvalue weighted by Gasteiger charge is 2.26. The lowest BCUT2D eigenvalue weighted by atomic mass is 10.0. The maximum Gasteiger partial charge on any atom is 0.326 e. The lowest BCUT2D eigenvalue weighted by Gasteiger charge is -2.32. The first-order chi connectivity index (χ1) is 14.7. The monoisotopic (exact) mass is 402 g/mol. The summed E-state index contributed by atoms with van der Waals surface area (Å²) < 4.78 is 3.59. The van der Waals surface area contributed by atoms with Crippen LogP contribution in [0.15, 0.2) is 66.0 Å². The van der Waals surface area contributed by atoms with Gasteiger partial charge in [-0.15, -0.1) is 0 Å². The summed E-state index contributed by atoms with van der Waals surface area (Å²) in [6, 6.07) is 15.5. The highest BCUT2D eigenvalue weighted by Crippen LogP contribution is 2.25. The van der Waals surface area contributed by atoms with Crippen molar-refractivity contribution in [2.45, 2.75) is 25.4 Å². The Kier molecular flexibility index (Phi) is 4.66. The minimum absolute atomic E-state index is 0.0343. The summed E-state index contributed by atoms with van der Waals surface area (Å²) in [5, 5.41) is 4.10. The van der Waals surface area contributed by atoms with E-state index in [0.717, 1.165) is 29.4 Å². The normalized spacial score (nSPS) is 15.0. The zero-order chi connectivity index (χ0) is 20.5. The second-order valence-electron chi connectivity index (χ2n) is 7.63. The number of imidazole rings is 1. The van der Waals surface area contributed by atoms with Gasteiger partial charge in [0.1, 0.15) is 12.7 Å². The Bertz CT molecular complexity index is 1210. The topological polar surface area (TPSA) is 88.8 Å². The number of nitrogens with one attached hydrogen (secondary N) is 1. The summed E-state index contributed by atoms with van der Waals surface area (Å²) in [6.45, 7) is 1.89. The van der Waals surface area contributed by atoms with Gasteiger partial charge in [-0.1, -0.05) is 24.3 Å². The molecular formula is C22H22N6O2. The molecule has 5 rings (SSSR count). The third-order valence-electron chi connectivity index (χ3n) is 5.75. The number of nitrogens with zero attached hydrogens (tertiary/aromatic N) is 5. The fraction of sp³-hybridized carbons (Fsp3) is 0.273. The average molecular weight is 402 g/mol. The molecule has 0 radical (unpaired) electrons. The first-order valence-corrected chi connectivity index (χ1v) is 10.1. The number of piperidine rings is 1. The van der Waals surface area contributed by atoms with E-state index >= 15 is 0 Å². The molecule has 0 unspecified atom stereocenters. The number of amides is 1. The molecule has 8 nitrogen and oxygen atoms in total. The molecule has 1 aliphatic rings. The van der Waals surface area contributed by atoms with Gasteiger partial charge in [0.25, 0.3) is 5.91 Å². The SMILES string of the molecule is O=C(c1ccc(Cn2cncn2)cc1)N1CCC(n2c(=O)[nH]c3ccccc32)CC1. The molecule has 2 aromatic carbocycles. The summed E-state index contributed by atoms with van der Waals surface area (Å²) in [6.07, 6.45) is 4.70. The molecule has 2 aromatic heterocycles. The van der Waals surface area contributed by atoms with E-state index in [1.54, 1.807) is 11.0 Å². The Morgan fingerprint density at radius 1 is 1.07 bits per heavy atom. The number of fused-ring (bicyclic) bond motifs is 1. The number of H-pyrrole nitrogens is 1. The van der Waals surface area contributed by atoms with Gasteiger partial charge in [0, 0.05) is 24.7 Å². The summed E-state index contributed by atoms with van der Waals surface area (Å²) in [4.78, 5) is 34.1. The summed E-state index contributed by atoms with van der Waals surface area (Å²) in [5.74, 6) is 0.0343. The van der Waals surface area contributed by atoms with Crippen LogP contribution in [0.3, 0.4) is 0 Å². The van der Waals surface area contributed by atoms with Crippen LogP contribution in [0.2, 0.25) is 0 Å². The molecule has 8 heteroatoms. The maximum absolute atomic E-state index is 12.9. The van der Waals surface area contributed by atoms with Gasteiger partial charge in [-0.25, -0.2) is 14.5 Å². The van der Waals surface area contributed by atoms with Gasteiger partial charge in [-0.3, -0.25) is 9.36 Å². The van der Waals surface area contributed by atoms with Crippen molar-refractivity contribution in [1.82, 2.24) is 29.2 Å². The lowest BCUT2D eigenvalue weighted by Crippen LogP contribution is -2.40. The van der Waals surface area contributed by atoms with Crippen molar-refractivity contribution >= 4 is 16.9 Å². The molecule has 1 saturated heterocycles.